The molecule has 0 aliphatic carbocycles. The first-order chi connectivity index (χ1) is 9.04. The quantitative estimate of drug-likeness (QED) is 0.514. The molecule has 1 atom stereocenters. The number of carboxylic acid groups (broad SMARTS) is 1. The maximum atomic E-state index is 11.9. The van der Waals surface area contributed by atoms with E-state index in [0.29, 0.717) is 26.1 Å². The van der Waals surface area contributed by atoms with Gasteiger partial charge in [0.1, 0.15) is 0 Å². The molecule has 3 N–H and O–H groups in total. The number of aliphatic carboxylic acids is 1. The van der Waals surface area contributed by atoms with E-state index in [1.165, 1.54) is 6.07 Å². The van der Waals surface area contributed by atoms with Crippen molar-refractivity contribution in [3.05, 3.63) is 29.8 Å². The molecule has 1 aromatic carbocycles. The second-order valence-corrected chi connectivity index (χ2v) is 6.08. The minimum atomic E-state index is -1.11. The molecule has 0 bridgehead atoms. The van der Waals surface area contributed by atoms with E-state index in [9.17, 15) is 14.7 Å². The second-order valence-electron chi connectivity index (χ2n) is 3.83. The Morgan fingerprint density at radius 3 is 2.68 bits per heavy atom. The summed E-state index contributed by atoms with van der Waals surface area (Å²) < 4.78 is 5.77. The third kappa shape index (κ3) is 5.56. The summed E-state index contributed by atoms with van der Waals surface area (Å²) in [6, 6.07) is 6.39. The van der Waals surface area contributed by atoms with Gasteiger partial charge in [-0.1, -0.05) is 0 Å². The Labute approximate surface area is 126 Å². The summed E-state index contributed by atoms with van der Waals surface area (Å²) in [5.74, 6) is -1.28. The van der Waals surface area contributed by atoms with Crippen molar-refractivity contribution in [3.8, 4) is 5.75 Å². The second kappa shape index (κ2) is 8.11. The number of carboxylic acids is 1. The average molecular weight is 453 g/mol. The van der Waals surface area contributed by atoms with E-state index in [4.69, 9.17) is 9.84 Å². The Hall–Kier alpha value is -1.14. The van der Waals surface area contributed by atoms with Gasteiger partial charge in [0.15, 0.2) is 0 Å². The molecule has 0 saturated heterocycles. The molecular weight excluding hydrogens is 439 g/mol. The van der Waals surface area contributed by atoms with Crippen molar-refractivity contribution in [1.29, 1.82) is 0 Å². The number of hydrogen-bond donors (Lipinski definition) is 3. The Bertz CT molecular complexity index is 452. The van der Waals surface area contributed by atoms with Gasteiger partial charge in [-0.05, 0) is 0 Å². The minimum absolute atomic E-state index is 0.190. The number of nitrogens with one attached hydrogen (secondary N) is 1. The van der Waals surface area contributed by atoms with Crippen molar-refractivity contribution in [1.82, 2.24) is 5.32 Å². The molecule has 0 aliphatic heterocycles. The van der Waals surface area contributed by atoms with Crippen LogP contribution in [0.15, 0.2) is 24.3 Å². The van der Waals surface area contributed by atoms with E-state index < -0.39 is 18.7 Å². The number of benzene rings is 1. The molecule has 1 amide bonds. The van der Waals surface area contributed by atoms with Crippen LogP contribution < -0.4 is 10.1 Å². The van der Waals surface area contributed by atoms with Crippen LogP contribution in [0.5, 0.6) is 5.75 Å². The number of para-hydroxylation sites is 1. The first-order valence-corrected chi connectivity index (χ1v) is 9.62. The van der Waals surface area contributed by atoms with E-state index in [1.807, 2.05) is 0 Å². The van der Waals surface area contributed by atoms with Crippen LogP contribution in [0.25, 0.3) is 0 Å². The molecule has 0 fully saturated rings. The topological polar surface area (TPSA) is 95.9 Å². The SMILES string of the molecule is O=C(O)COc1ccccc1C(=O)NCC(O)[CH2][Hg+]. The number of hydrogen-bond acceptors (Lipinski definition) is 4. The van der Waals surface area contributed by atoms with Gasteiger partial charge in [0.2, 0.25) is 0 Å². The first kappa shape index (κ1) is 15.9. The van der Waals surface area contributed by atoms with Crippen molar-refractivity contribution in [3.63, 3.8) is 0 Å². The standard InChI is InChI=1S/C12H14NO5.Hg/c1-8(14)6-13-12(17)9-4-2-3-5-10(9)18-7-11(15)16;/h2-5,8,14H,1,6-7H2,(H,13,17)(H,15,16);/q;+1. The van der Waals surface area contributed by atoms with Crippen molar-refractivity contribution in [2.75, 3.05) is 13.2 Å². The van der Waals surface area contributed by atoms with Crippen LogP contribution in [-0.4, -0.2) is 41.3 Å². The van der Waals surface area contributed by atoms with Gasteiger partial charge in [-0.3, -0.25) is 0 Å². The van der Waals surface area contributed by atoms with Gasteiger partial charge < -0.3 is 0 Å². The third-order valence-electron chi connectivity index (χ3n) is 2.31. The van der Waals surface area contributed by atoms with E-state index in [1.54, 1.807) is 18.2 Å². The molecule has 6 nitrogen and oxygen atoms in total. The van der Waals surface area contributed by atoms with Crippen molar-refractivity contribution < 1.29 is 50.7 Å². The van der Waals surface area contributed by atoms with E-state index >= 15 is 0 Å². The number of ether oxygens (including phenoxy) is 1. The number of aliphatic hydroxyl groups excluding tert-OH is 1. The van der Waals surface area contributed by atoms with Crippen LogP contribution in [0.4, 0.5) is 0 Å². The van der Waals surface area contributed by atoms with Gasteiger partial charge in [-0.2, -0.15) is 0 Å². The number of rotatable bonds is 7. The fourth-order valence-corrected chi connectivity index (χ4v) is 2.12. The van der Waals surface area contributed by atoms with E-state index in [-0.39, 0.29) is 23.8 Å². The summed E-state index contributed by atoms with van der Waals surface area (Å²) in [5.41, 5.74) is 0.259. The molecule has 98 valence electrons. The third-order valence-corrected chi connectivity index (χ3v) is 4.91. The van der Waals surface area contributed by atoms with Crippen LogP contribution in [0.1, 0.15) is 10.4 Å². The van der Waals surface area contributed by atoms with Gasteiger partial charge in [0.25, 0.3) is 0 Å². The summed E-state index contributed by atoms with van der Waals surface area (Å²) in [7, 11) is 0. The van der Waals surface area contributed by atoms with Crippen LogP contribution in [0, 0.1) is 0 Å². The van der Waals surface area contributed by atoms with Crippen LogP contribution in [-0.2, 0) is 30.9 Å². The summed E-state index contributed by atoms with van der Waals surface area (Å²) in [6.07, 6.45) is -0.514. The summed E-state index contributed by atoms with van der Waals surface area (Å²) >= 11 is 0.480. The van der Waals surface area contributed by atoms with Crippen molar-refractivity contribution in [2.45, 2.75) is 10.0 Å². The van der Waals surface area contributed by atoms with E-state index in [2.05, 4.69) is 5.32 Å². The van der Waals surface area contributed by atoms with Crippen LogP contribution in [0.3, 0.4) is 0 Å². The van der Waals surface area contributed by atoms with Crippen molar-refractivity contribution >= 4 is 11.9 Å². The zero-order chi connectivity index (χ0) is 14.3. The predicted octanol–water partition coefficient (Wildman–Crippen LogP) is 0.206. The number of carbonyl (C=O) groups is 2. The van der Waals surface area contributed by atoms with Crippen molar-refractivity contribution in [2.24, 2.45) is 0 Å². The Morgan fingerprint density at radius 2 is 2.05 bits per heavy atom. The monoisotopic (exact) mass is 454 g/mol. The molecule has 0 radical (unpaired) electrons. The number of carbonyl (C=O) groups excluding carboxylic acids is 1. The van der Waals surface area contributed by atoms with Gasteiger partial charge in [0, 0.05) is 0 Å². The average Bonchev–Trinajstić information content (AvgIpc) is 2.42. The molecule has 0 saturated carbocycles. The fourth-order valence-electron chi connectivity index (χ4n) is 1.33. The molecule has 1 unspecified atom stereocenters. The Balaban J connectivity index is 2.70. The normalized spacial score (nSPS) is 11.7. The fraction of sp³-hybridized carbons (Fsp3) is 0.333. The molecule has 0 heterocycles. The van der Waals surface area contributed by atoms with Gasteiger partial charge >= 0.3 is 127 Å². The Kier molecular flexibility index (Phi) is 6.79. The Morgan fingerprint density at radius 1 is 1.37 bits per heavy atom. The van der Waals surface area contributed by atoms with Gasteiger partial charge in [-0.25, -0.2) is 0 Å². The van der Waals surface area contributed by atoms with Crippen LogP contribution >= 0.6 is 0 Å². The molecule has 0 spiro atoms. The number of amides is 1. The van der Waals surface area contributed by atoms with Crippen LogP contribution in [0.2, 0.25) is 3.93 Å². The van der Waals surface area contributed by atoms with Gasteiger partial charge in [-0.15, -0.1) is 0 Å². The van der Waals surface area contributed by atoms with E-state index in [0.717, 1.165) is 3.93 Å². The molecule has 19 heavy (non-hydrogen) atoms. The molecule has 7 heteroatoms. The first-order valence-electron chi connectivity index (χ1n) is 5.73. The maximum absolute atomic E-state index is 11.9. The van der Waals surface area contributed by atoms with Gasteiger partial charge in [0.05, 0.1) is 0 Å². The molecular formula is C12H14HgNO5+. The molecule has 1 rings (SSSR count). The summed E-state index contributed by atoms with van der Waals surface area (Å²) in [6.45, 7) is -0.314. The molecule has 0 aliphatic rings. The molecule has 0 aromatic heterocycles. The number of aliphatic hydroxyl groups is 1. The molecule has 1 aromatic rings. The zero-order valence-electron chi connectivity index (χ0n) is 10.3. The summed E-state index contributed by atoms with van der Waals surface area (Å²) in [4.78, 5) is 22.4. The predicted molar refractivity (Wildman–Crippen MR) is 62.7 cm³/mol. The summed E-state index contributed by atoms with van der Waals surface area (Å²) in [5, 5.41) is 20.6. The zero-order valence-corrected chi connectivity index (χ0v) is 15.8.